The molecule has 2 aromatic heterocycles. The molecule has 67 heavy (non-hydrogen) atoms. The first-order chi connectivity index (χ1) is 33.2. The van der Waals surface area contributed by atoms with Crippen LogP contribution < -0.4 is 4.90 Å². The molecule has 0 atom stereocenters. The maximum Gasteiger partial charge on any atom is 0.136 e. The molecule has 3 heteroatoms. The van der Waals surface area contributed by atoms with Crippen LogP contribution in [0.2, 0.25) is 0 Å². The zero-order valence-electron chi connectivity index (χ0n) is 36.6. The molecule has 0 aliphatic rings. The smallest absolute Gasteiger partial charge is 0.136 e. The highest BCUT2D eigenvalue weighted by molar-refractivity contribution is 6.17. The Labute approximate surface area is 388 Å². The zero-order chi connectivity index (χ0) is 44.3. The van der Waals surface area contributed by atoms with Crippen molar-refractivity contribution in [2.24, 2.45) is 0 Å². The van der Waals surface area contributed by atoms with Gasteiger partial charge in [0.25, 0.3) is 0 Å². The second-order valence-electron chi connectivity index (χ2n) is 17.3. The molecule has 0 unspecified atom stereocenters. The van der Waals surface area contributed by atoms with E-state index in [2.05, 4.69) is 264 Å². The van der Waals surface area contributed by atoms with Gasteiger partial charge in [0.15, 0.2) is 0 Å². The van der Waals surface area contributed by atoms with Crippen LogP contribution >= 0.6 is 0 Å². The fourth-order valence-electron chi connectivity index (χ4n) is 10.3. The van der Waals surface area contributed by atoms with Crippen LogP contribution in [0.3, 0.4) is 0 Å². The number of hydrogen-bond acceptors (Lipinski definition) is 2. The number of anilines is 3. The van der Waals surface area contributed by atoms with Gasteiger partial charge in [-0.25, -0.2) is 0 Å². The Hall–Kier alpha value is -8.92. The summed E-state index contributed by atoms with van der Waals surface area (Å²) in [5, 5.41) is 7.05. The average Bonchev–Trinajstić information content (AvgIpc) is 3.94. The molecule has 2 heterocycles. The van der Waals surface area contributed by atoms with Gasteiger partial charge in [0.05, 0.1) is 16.7 Å². The van der Waals surface area contributed by atoms with E-state index < -0.39 is 0 Å². The second-order valence-corrected chi connectivity index (χ2v) is 17.3. The van der Waals surface area contributed by atoms with Crippen molar-refractivity contribution in [1.29, 1.82) is 0 Å². The Morgan fingerprint density at radius 2 is 0.910 bits per heavy atom. The third-order valence-electron chi connectivity index (χ3n) is 13.4. The molecule has 0 saturated heterocycles. The lowest BCUT2D eigenvalue weighted by atomic mass is 9.91. The highest BCUT2D eigenvalue weighted by Crippen LogP contribution is 2.46. The fourth-order valence-corrected chi connectivity index (χ4v) is 10.3. The topological polar surface area (TPSA) is 21.3 Å². The van der Waals surface area contributed by atoms with E-state index in [1.165, 1.54) is 49.4 Å². The number of para-hydroxylation sites is 3. The van der Waals surface area contributed by atoms with Crippen molar-refractivity contribution in [3.8, 4) is 50.2 Å². The van der Waals surface area contributed by atoms with Gasteiger partial charge in [-0.1, -0.05) is 182 Å². The van der Waals surface area contributed by atoms with E-state index in [4.69, 9.17) is 4.42 Å². The lowest BCUT2D eigenvalue weighted by Gasteiger charge is -2.29. The summed E-state index contributed by atoms with van der Waals surface area (Å²) in [4.78, 5) is 2.42. The first-order valence-electron chi connectivity index (χ1n) is 22.9. The van der Waals surface area contributed by atoms with E-state index in [1.54, 1.807) is 0 Å². The van der Waals surface area contributed by atoms with Crippen molar-refractivity contribution in [2.45, 2.75) is 0 Å². The summed E-state index contributed by atoms with van der Waals surface area (Å²) >= 11 is 0. The van der Waals surface area contributed by atoms with Gasteiger partial charge in [0.2, 0.25) is 0 Å². The third-order valence-corrected chi connectivity index (χ3v) is 13.4. The van der Waals surface area contributed by atoms with E-state index >= 15 is 0 Å². The SMILES string of the molecule is c1ccc(-c2ccc(-c3ccc(N(c4cccc(-n5c6ccccc6c6ccccc65)c4)c4ccccc4-c4cccc5oc6cc7ccccc7cc6c45)cc3)cc2-c2ccccc2)cc1. The average molecular weight is 855 g/mol. The minimum absolute atomic E-state index is 0.870. The van der Waals surface area contributed by atoms with Crippen molar-refractivity contribution in [1.82, 2.24) is 4.57 Å². The maximum absolute atomic E-state index is 6.63. The van der Waals surface area contributed by atoms with Crippen molar-refractivity contribution in [3.63, 3.8) is 0 Å². The second kappa shape index (κ2) is 16.0. The largest absolute Gasteiger partial charge is 0.456 e. The third kappa shape index (κ3) is 6.59. The molecule has 0 bridgehead atoms. The van der Waals surface area contributed by atoms with Crippen LogP contribution in [-0.4, -0.2) is 4.57 Å². The van der Waals surface area contributed by atoms with Gasteiger partial charge in [-0.05, 0) is 123 Å². The molecule has 0 N–H and O–H groups in total. The van der Waals surface area contributed by atoms with Crippen molar-refractivity contribution in [2.75, 3.05) is 4.90 Å². The lowest BCUT2D eigenvalue weighted by molar-refractivity contribution is 0.669. The van der Waals surface area contributed by atoms with E-state index in [1.807, 2.05) is 0 Å². The maximum atomic E-state index is 6.63. The molecular weight excluding hydrogens is 813 g/mol. The highest BCUT2D eigenvalue weighted by atomic mass is 16.3. The summed E-state index contributed by atoms with van der Waals surface area (Å²) in [7, 11) is 0. The zero-order valence-corrected chi connectivity index (χ0v) is 36.6. The standard InChI is InChI=1S/C64H42N2O/c1-3-17-44(18-4-1)52-38-35-48(39-57(52)45-19-5-2-6-20-45)43-33-36-49(37-34-43)65(50-23-15-24-51(42-50)66-60-30-13-9-25-53(60)54-26-10-14-31-61(54)66)59-29-12-11-27-55(59)56-28-16-32-62-64(56)58-40-46-21-7-8-22-47(46)41-63(58)67-62/h1-42H. The predicted octanol–water partition coefficient (Wildman–Crippen LogP) is 18.0. The number of hydrogen-bond donors (Lipinski definition) is 0. The number of benzene rings is 11. The summed E-state index contributed by atoms with van der Waals surface area (Å²) < 4.78 is 9.02. The van der Waals surface area contributed by atoms with Gasteiger partial charge in [-0.3, -0.25) is 0 Å². The molecule has 0 saturated carbocycles. The lowest BCUT2D eigenvalue weighted by Crippen LogP contribution is -2.12. The van der Waals surface area contributed by atoms with Gasteiger partial charge in [-0.15, -0.1) is 0 Å². The molecule has 0 aliphatic heterocycles. The normalized spacial score (nSPS) is 11.6. The quantitative estimate of drug-likeness (QED) is 0.152. The molecule has 13 rings (SSSR count). The summed E-state index contributed by atoms with van der Waals surface area (Å²) in [5.41, 5.74) is 17.7. The number of rotatable bonds is 8. The number of furan rings is 1. The van der Waals surface area contributed by atoms with E-state index in [0.29, 0.717) is 0 Å². The van der Waals surface area contributed by atoms with Crippen LogP contribution in [0.25, 0.3) is 105 Å². The molecule has 0 fully saturated rings. The minimum atomic E-state index is 0.870. The molecule has 11 aromatic carbocycles. The van der Waals surface area contributed by atoms with Crippen LogP contribution in [0.5, 0.6) is 0 Å². The van der Waals surface area contributed by atoms with Gasteiger partial charge in [0, 0.05) is 44.2 Å². The van der Waals surface area contributed by atoms with Crippen molar-refractivity contribution >= 4 is 71.6 Å². The molecule has 314 valence electrons. The minimum Gasteiger partial charge on any atom is -0.456 e. The van der Waals surface area contributed by atoms with Gasteiger partial charge in [0.1, 0.15) is 11.2 Å². The first kappa shape index (κ1) is 38.5. The molecular formula is C64H42N2O. The van der Waals surface area contributed by atoms with Crippen molar-refractivity contribution in [3.05, 3.63) is 255 Å². The van der Waals surface area contributed by atoms with Gasteiger partial charge >= 0.3 is 0 Å². The Balaban J connectivity index is 0.998. The summed E-state index contributed by atoms with van der Waals surface area (Å²) in [6.45, 7) is 0. The Bertz CT molecular complexity index is 3920. The first-order valence-corrected chi connectivity index (χ1v) is 22.9. The molecule has 0 amide bonds. The number of fused-ring (bicyclic) bond motifs is 7. The Morgan fingerprint density at radius 1 is 0.313 bits per heavy atom. The van der Waals surface area contributed by atoms with Crippen molar-refractivity contribution < 1.29 is 4.42 Å². The van der Waals surface area contributed by atoms with Gasteiger partial charge < -0.3 is 13.9 Å². The summed E-state index contributed by atoms with van der Waals surface area (Å²) in [6.07, 6.45) is 0. The summed E-state index contributed by atoms with van der Waals surface area (Å²) in [5.74, 6) is 0. The highest BCUT2D eigenvalue weighted by Gasteiger charge is 2.22. The number of nitrogens with zero attached hydrogens (tertiary/aromatic N) is 2. The summed E-state index contributed by atoms with van der Waals surface area (Å²) in [6, 6.07) is 91.9. The Kier molecular flexibility index (Phi) is 9.17. The van der Waals surface area contributed by atoms with E-state index in [-0.39, 0.29) is 0 Å². The van der Waals surface area contributed by atoms with Crippen LogP contribution in [0.15, 0.2) is 259 Å². The molecule has 13 aromatic rings. The molecule has 0 spiro atoms. The molecule has 3 nitrogen and oxygen atoms in total. The monoisotopic (exact) mass is 854 g/mol. The predicted molar refractivity (Wildman–Crippen MR) is 282 cm³/mol. The van der Waals surface area contributed by atoms with Gasteiger partial charge in [-0.2, -0.15) is 0 Å². The van der Waals surface area contributed by atoms with Crippen LogP contribution in [0.4, 0.5) is 17.1 Å². The van der Waals surface area contributed by atoms with Crippen LogP contribution in [0.1, 0.15) is 0 Å². The molecule has 0 radical (unpaired) electrons. The van der Waals surface area contributed by atoms with E-state index in [0.717, 1.165) is 72.3 Å². The Morgan fingerprint density at radius 3 is 1.66 bits per heavy atom. The van der Waals surface area contributed by atoms with Crippen LogP contribution in [-0.2, 0) is 0 Å². The van der Waals surface area contributed by atoms with Crippen LogP contribution in [0, 0.1) is 0 Å². The fraction of sp³-hybridized carbons (Fsp3) is 0. The van der Waals surface area contributed by atoms with E-state index in [9.17, 15) is 0 Å². The number of aromatic nitrogens is 1. The molecule has 0 aliphatic carbocycles.